The monoisotopic (exact) mass is 499 g/mol. The SMILES string of the molecule is CN(C)Cc1cccc(NC(=O)c2cccc([C@@H]3C[C@H]3C(=O)Nc3ccc4cncc(Cl)c4c3)c2)n1. The second kappa shape index (κ2) is 10.0. The van der Waals surface area contributed by atoms with Crippen LogP contribution in [0.3, 0.4) is 0 Å². The zero-order valence-electron chi connectivity index (χ0n) is 20.0. The van der Waals surface area contributed by atoms with E-state index in [1.165, 1.54) is 0 Å². The smallest absolute Gasteiger partial charge is 0.256 e. The first-order chi connectivity index (χ1) is 17.4. The molecule has 0 unspecified atom stereocenters. The second-order valence-electron chi connectivity index (χ2n) is 9.33. The van der Waals surface area contributed by atoms with Gasteiger partial charge in [0.25, 0.3) is 5.91 Å². The molecule has 2 aromatic carbocycles. The van der Waals surface area contributed by atoms with E-state index in [0.717, 1.165) is 28.5 Å². The summed E-state index contributed by atoms with van der Waals surface area (Å²) in [5.41, 5.74) is 3.09. The van der Waals surface area contributed by atoms with Crippen LogP contribution in [-0.4, -0.2) is 40.8 Å². The average molecular weight is 500 g/mol. The third-order valence-electron chi connectivity index (χ3n) is 6.21. The summed E-state index contributed by atoms with van der Waals surface area (Å²) in [6.45, 7) is 0.688. The van der Waals surface area contributed by atoms with E-state index in [1.54, 1.807) is 24.5 Å². The fourth-order valence-corrected chi connectivity index (χ4v) is 4.57. The Morgan fingerprint density at radius 3 is 2.69 bits per heavy atom. The quantitative estimate of drug-likeness (QED) is 0.358. The van der Waals surface area contributed by atoms with E-state index in [1.807, 2.05) is 67.5 Å². The van der Waals surface area contributed by atoms with Crippen molar-refractivity contribution in [2.24, 2.45) is 5.92 Å². The van der Waals surface area contributed by atoms with Crippen molar-refractivity contribution in [2.75, 3.05) is 24.7 Å². The van der Waals surface area contributed by atoms with Crippen molar-refractivity contribution < 1.29 is 9.59 Å². The molecule has 1 aliphatic carbocycles. The molecule has 2 amide bonds. The number of anilines is 2. The van der Waals surface area contributed by atoms with Gasteiger partial charge in [-0.15, -0.1) is 0 Å². The molecule has 1 saturated carbocycles. The van der Waals surface area contributed by atoms with Crippen LogP contribution in [0.2, 0.25) is 5.02 Å². The maximum Gasteiger partial charge on any atom is 0.256 e. The van der Waals surface area contributed by atoms with Gasteiger partial charge in [-0.2, -0.15) is 0 Å². The van der Waals surface area contributed by atoms with Gasteiger partial charge in [-0.25, -0.2) is 4.98 Å². The summed E-state index contributed by atoms with van der Waals surface area (Å²) in [6.07, 6.45) is 4.07. The molecule has 0 saturated heterocycles. The maximum absolute atomic E-state index is 12.9. The minimum Gasteiger partial charge on any atom is -0.326 e. The van der Waals surface area contributed by atoms with E-state index in [9.17, 15) is 9.59 Å². The summed E-state index contributed by atoms with van der Waals surface area (Å²) >= 11 is 6.25. The third kappa shape index (κ3) is 5.37. The van der Waals surface area contributed by atoms with Crippen molar-refractivity contribution >= 4 is 45.7 Å². The van der Waals surface area contributed by atoms with Crippen LogP contribution < -0.4 is 10.6 Å². The van der Waals surface area contributed by atoms with E-state index in [-0.39, 0.29) is 23.7 Å². The molecule has 2 atom stereocenters. The van der Waals surface area contributed by atoms with Crippen molar-refractivity contribution in [3.63, 3.8) is 0 Å². The highest BCUT2D eigenvalue weighted by Crippen LogP contribution is 2.48. The second-order valence-corrected chi connectivity index (χ2v) is 9.73. The molecule has 1 aliphatic rings. The van der Waals surface area contributed by atoms with Crippen LogP contribution in [-0.2, 0) is 11.3 Å². The summed E-state index contributed by atoms with van der Waals surface area (Å²) in [6, 6.07) is 18.6. The first kappa shape index (κ1) is 23.9. The van der Waals surface area contributed by atoms with Gasteiger partial charge in [-0.3, -0.25) is 14.6 Å². The summed E-state index contributed by atoms with van der Waals surface area (Å²) in [5, 5.41) is 8.19. The fourth-order valence-electron chi connectivity index (χ4n) is 4.35. The minimum atomic E-state index is -0.226. The molecule has 0 radical (unpaired) electrons. The number of hydrogen-bond donors (Lipinski definition) is 2. The maximum atomic E-state index is 12.9. The van der Waals surface area contributed by atoms with E-state index in [4.69, 9.17) is 11.6 Å². The summed E-state index contributed by atoms with van der Waals surface area (Å²) in [4.78, 5) is 36.4. The lowest BCUT2D eigenvalue weighted by Gasteiger charge is -2.11. The average Bonchev–Trinajstić information content (AvgIpc) is 3.66. The van der Waals surface area contributed by atoms with Crippen molar-refractivity contribution in [2.45, 2.75) is 18.9 Å². The lowest BCUT2D eigenvalue weighted by Crippen LogP contribution is -2.16. The van der Waals surface area contributed by atoms with Crippen molar-refractivity contribution in [3.8, 4) is 0 Å². The van der Waals surface area contributed by atoms with Crippen LogP contribution in [0.4, 0.5) is 11.5 Å². The molecule has 8 heteroatoms. The highest BCUT2D eigenvalue weighted by Gasteiger charge is 2.44. The molecule has 0 bridgehead atoms. The van der Waals surface area contributed by atoms with Crippen molar-refractivity contribution in [1.29, 1.82) is 0 Å². The number of amides is 2. The van der Waals surface area contributed by atoms with E-state index in [0.29, 0.717) is 28.6 Å². The molecule has 4 aromatic rings. The molecule has 1 fully saturated rings. The highest BCUT2D eigenvalue weighted by molar-refractivity contribution is 6.35. The first-order valence-corrected chi connectivity index (χ1v) is 12.1. The topological polar surface area (TPSA) is 87.2 Å². The number of rotatable bonds is 7. The Balaban J connectivity index is 1.24. The van der Waals surface area contributed by atoms with Crippen molar-refractivity contribution in [3.05, 3.63) is 94.9 Å². The molecule has 0 aliphatic heterocycles. The van der Waals surface area contributed by atoms with Crippen LogP contribution in [0.15, 0.2) is 73.1 Å². The molecule has 2 N–H and O–H groups in total. The Morgan fingerprint density at radius 2 is 1.86 bits per heavy atom. The van der Waals surface area contributed by atoms with E-state index < -0.39 is 0 Å². The third-order valence-corrected chi connectivity index (χ3v) is 6.51. The van der Waals surface area contributed by atoms with Gasteiger partial charge in [0, 0.05) is 46.9 Å². The van der Waals surface area contributed by atoms with Crippen LogP contribution in [0.5, 0.6) is 0 Å². The molecular formula is C28H26ClN5O2. The van der Waals surface area contributed by atoms with E-state index in [2.05, 4.69) is 20.6 Å². The van der Waals surface area contributed by atoms with Gasteiger partial charge in [-0.05, 0) is 68.4 Å². The van der Waals surface area contributed by atoms with Gasteiger partial charge in [-0.1, -0.05) is 35.9 Å². The van der Waals surface area contributed by atoms with Crippen LogP contribution in [0.25, 0.3) is 10.8 Å². The minimum absolute atomic E-state index is 0.0405. The summed E-state index contributed by atoms with van der Waals surface area (Å²) < 4.78 is 0. The molecule has 7 nitrogen and oxygen atoms in total. The first-order valence-electron chi connectivity index (χ1n) is 11.7. The highest BCUT2D eigenvalue weighted by atomic mass is 35.5. The number of carbonyl (C=O) groups excluding carboxylic acids is 2. The molecule has 2 heterocycles. The Bertz CT molecular complexity index is 1460. The number of aromatic nitrogens is 2. The summed E-state index contributed by atoms with van der Waals surface area (Å²) in [5.74, 6) is 0.181. The summed E-state index contributed by atoms with van der Waals surface area (Å²) in [7, 11) is 3.94. The predicted molar refractivity (Wildman–Crippen MR) is 142 cm³/mol. The number of pyridine rings is 2. The lowest BCUT2D eigenvalue weighted by atomic mass is 10.0. The van der Waals surface area contributed by atoms with Gasteiger partial charge in [0.1, 0.15) is 5.82 Å². The standard InChI is InChI=1S/C28H26ClN5O2/c1-34(2)16-21-7-4-8-26(31-21)33-27(35)18-6-3-5-17(11-18)22-13-24(22)28(36)32-20-10-9-19-14-30-15-25(29)23(19)12-20/h3-12,14-15,22,24H,13,16H2,1-2H3,(H,32,36)(H,31,33,35)/t22-,24+/m0/s1. The normalized spacial score (nSPS) is 16.7. The number of hydrogen-bond acceptors (Lipinski definition) is 5. The molecular weight excluding hydrogens is 474 g/mol. The van der Waals surface area contributed by atoms with Gasteiger partial charge in [0.05, 0.1) is 10.7 Å². The lowest BCUT2D eigenvalue weighted by molar-refractivity contribution is -0.117. The number of carbonyl (C=O) groups is 2. The zero-order valence-corrected chi connectivity index (χ0v) is 20.8. The van der Waals surface area contributed by atoms with Gasteiger partial charge < -0.3 is 15.5 Å². The number of fused-ring (bicyclic) bond motifs is 1. The Kier molecular flexibility index (Phi) is 6.67. The van der Waals surface area contributed by atoms with Crippen LogP contribution >= 0.6 is 11.6 Å². The van der Waals surface area contributed by atoms with E-state index >= 15 is 0 Å². The van der Waals surface area contributed by atoms with Crippen LogP contribution in [0.1, 0.15) is 34.0 Å². The molecule has 5 rings (SSSR count). The fraction of sp³-hybridized carbons (Fsp3) is 0.214. The molecule has 2 aromatic heterocycles. The Labute approximate surface area is 214 Å². The Hall–Kier alpha value is -3.81. The number of nitrogens with zero attached hydrogens (tertiary/aromatic N) is 3. The van der Waals surface area contributed by atoms with Crippen LogP contribution in [0, 0.1) is 5.92 Å². The number of halogens is 1. The number of nitrogens with one attached hydrogen (secondary N) is 2. The zero-order chi connectivity index (χ0) is 25.2. The van der Waals surface area contributed by atoms with Gasteiger partial charge in [0.15, 0.2) is 0 Å². The molecule has 36 heavy (non-hydrogen) atoms. The van der Waals surface area contributed by atoms with Gasteiger partial charge in [0.2, 0.25) is 5.91 Å². The van der Waals surface area contributed by atoms with Crippen molar-refractivity contribution in [1.82, 2.24) is 14.9 Å². The number of benzene rings is 2. The molecule has 0 spiro atoms. The Morgan fingerprint density at radius 1 is 1.03 bits per heavy atom. The largest absolute Gasteiger partial charge is 0.326 e. The predicted octanol–water partition coefficient (Wildman–Crippen LogP) is 5.34. The molecule has 182 valence electrons. The van der Waals surface area contributed by atoms with Gasteiger partial charge >= 0.3 is 0 Å².